The molecular weight excluding hydrogens is 324 g/mol. The molecule has 140 valence electrons. The highest BCUT2D eigenvalue weighted by Gasteiger charge is 2.34. The third-order valence-electron chi connectivity index (χ3n) is 6.02. The Morgan fingerprint density at radius 3 is 2.85 bits per heavy atom. The molecule has 1 saturated carbocycles. The fourth-order valence-corrected chi connectivity index (χ4v) is 4.57. The van der Waals surface area contributed by atoms with E-state index in [9.17, 15) is 0 Å². The van der Waals surface area contributed by atoms with E-state index in [2.05, 4.69) is 53.4 Å². The number of benzene rings is 1. The number of hydrogen-bond donors (Lipinski definition) is 2. The molecule has 5 heteroatoms. The molecule has 2 heterocycles. The van der Waals surface area contributed by atoms with Crippen LogP contribution < -0.4 is 10.6 Å². The lowest BCUT2D eigenvalue weighted by Crippen LogP contribution is -2.50. The van der Waals surface area contributed by atoms with Crippen LogP contribution in [0.25, 0.3) is 5.69 Å². The molecule has 1 aromatic carbocycles. The van der Waals surface area contributed by atoms with Gasteiger partial charge in [0.1, 0.15) is 0 Å². The number of rotatable bonds is 5. The van der Waals surface area contributed by atoms with Gasteiger partial charge in [-0.3, -0.25) is 0 Å². The van der Waals surface area contributed by atoms with Crippen LogP contribution in [0.4, 0.5) is 0 Å². The number of ether oxygens (including phenoxy) is 1. The smallest absolute Gasteiger partial charge is 0.0648 e. The van der Waals surface area contributed by atoms with Crippen molar-refractivity contribution in [3.63, 3.8) is 0 Å². The first-order valence-corrected chi connectivity index (χ1v) is 9.89. The minimum Gasteiger partial charge on any atom is -0.379 e. The highest BCUT2D eigenvalue weighted by Crippen LogP contribution is 2.30. The summed E-state index contributed by atoms with van der Waals surface area (Å²) >= 11 is 0. The standard InChI is InChI=1S/C21H30N4O/c1-15-19(16(2)25(24-15)17-7-4-3-5-8-17)13-23-20-10-6-9-18(20)21-14-26-12-11-22-21/h3-5,7-8,18,20-23H,6,9-14H2,1-2H3. The van der Waals surface area contributed by atoms with Gasteiger partial charge in [-0.05, 0) is 44.7 Å². The Balaban J connectivity index is 1.45. The third kappa shape index (κ3) is 3.56. The Bertz CT molecular complexity index is 721. The van der Waals surface area contributed by atoms with E-state index < -0.39 is 0 Å². The summed E-state index contributed by atoms with van der Waals surface area (Å²) in [6.07, 6.45) is 3.86. The Morgan fingerprint density at radius 1 is 1.23 bits per heavy atom. The SMILES string of the molecule is Cc1nn(-c2ccccc2)c(C)c1CNC1CCCC1C1COCCN1. The zero-order chi connectivity index (χ0) is 17.9. The first kappa shape index (κ1) is 17.7. The summed E-state index contributed by atoms with van der Waals surface area (Å²) in [4.78, 5) is 0. The summed E-state index contributed by atoms with van der Waals surface area (Å²) < 4.78 is 7.76. The predicted octanol–water partition coefficient (Wildman–Crippen LogP) is 2.74. The predicted molar refractivity (Wildman–Crippen MR) is 104 cm³/mol. The van der Waals surface area contributed by atoms with E-state index in [0.29, 0.717) is 18.0 Å². The van der Waals surface area contributed by atoms with Gasteiger partial charge in [0.05, 0.1) is 24.6 Å². The molecular formula is C21H30N4O. The molecule has 5 nitrogen and oxygen atoms in total. The van der Waals surface area contributed by atoms with Gasteiger partial charge in [-0.1, -0.05) is 24.6 Å². The average Bonchev–Trinajstić information content (AvgIpc) is 3.26. The van der Waals surface area contributed by atoms with E-state index in [0.717, 1.165) is 37.7 Å². The van der Waals surface area contributed by atoms with E-state index in [1.165, 1.54) is 30.5 Å². The lowest BCUT2D eigenvalue weighted by molar-refractivity contribution is 0.0524. The molecule has 2 N–H and O–H groups in total. The van der Waals surface area contributed by atoms with Crippen molar-refractivity contribution in [1.82, 2.24) is 20.4 Å². The van der Waals surface area contributed by atoms with E-state index in [1.807, 2.05) is 6.07 Å². The van der Waals surface area contributed by atoms with E-state index in [-0.39, 0.29) is 0 Å². The van der Waals surface area contributed by atoms with Crippen LogP contribution in [0.5, 0.6) is 0 Å². The minimum absolute atomic E-state index is 0.498. The number of morpholine rings is 1. The van der Waals surface area contributed by atoms with Crippen LogP contribution >= 0.6 is 0 Å². The molecule has 1 aliphatic heterocycles. The van der Waals surface area contributed by atoms with Crippen LogP contribution in [0.2, 0.25) is 0 Å². The quantitative estimate of drug-likeness (QED) is 0.867. The lowest BCUT2D eigenvalue weighted by Gasteiger charge is -2.33. The second-order valence-electron chi connectivity index (χ2n) is 7.61. The fourth-order valence-electron chi connectivity index (χ4n) is 4.57. The number of aromatic nitrogens is 2. The van der Waals surface area contributed by atoms with Gasteiger partial charge in [-0.2, -0.15) is 5.10 Å². The summed E-state index contributed by atoms with van der Waals surface area (Å²) in [5.41, 5.74) is 4.80. The molecule has 2 fully saturated rings. The number of hydrogen-bond acceptors (Lipinski definition) is 4. The first-order chi connectivity index (χ1) is 12.7. The summed E-state index contributed by atoms with van der Waals surface area (Å²) in [7, 11) is 0. The minimum atomic E-state index is 0.498. The molecule has 3 atom stereocenters. The third-order valence-corrected chi connectivity index (χ3v) is 6.02. The molecule has 1 aromatic heterocycles. The van der Waals surface area contributed by atoms with Crippen LogP contribution in [0, 0.1) is 19.8 Å². The number of para-hydroxylation sites is 1. The largest absolute Gasteiger partial charge is 0.379 e. The van der Waals surface area contributed by atoms with Gasteiger partial charge in [-0.15, -0.1) is 0 Å². The van der Waals surface area contributed by atoms with Crippen molar-refractivity contribution >= 4 is 0 Å². The van der Waals surface area contributed by atoms with E-state index >= 15 is 0 Å². The summed E-state index contributed by atoms with van der Waals surface area (Å²) in [5, 5.41) is 12.3. The van der Waals surface area contributed by atoms with Gasteiger partial charge in [-0.25, -0.2) is 4.68 Å². The van der Waals surface area contributed by atoms with Crippen molar-refractivity contribution in [2.45, 2.75) is 51.7 Å². The Hall–Kier alpha value is -1.69. The van der Waals surface area contributed by atoms with E-state index in [1.54, 1.807) is 0 Å². The maximum absolute atomic E-state index is 5.69. The van der Waals surface area contributed by atoms with Crippen molar-refractivity contribution in [3.05, 3.63) is 47.3 Å². The number of nitrogens with one attached hydrogen (secondary N) is 2. The molecule has 1 aliphatic carbocycles. The first-order valence-electron chi connectivity index (χ1n) is 9.89. The topological polar surface area (TPSA) is 51.1 Å². The second-order valence-corrected chi connectivity index (χ2v) is 7.61. The van der Waals surface area contributed by atoms with Crippen molar-refractivity contribution in [3.8, 4) is 5.69 Å². The maximum atomic E-state index is 5.69. The van der Waals surface area contributed by atoms with Gasteiger partial charge in [0.2, 0.25) is 0 Å². The average molecular weight is 354 g/mol. The molecule has 3 unspecified atom stereocenters. The Morgan fingerprint density at radius 2 is 2.08 bits per heavy atom. The zero-order valence-corrected chi connectivity index (χ0v) is 15.9. The molecule has 26 heavy (non-hydrogen) atoms. The van der Waals surface area contributed by atoms with Gasteiger partial charge in [0, 0.05) is 36.4 Å². The van der Waals surface area contributed by atoms with Gasteiger partial charge in [0.25, 0.3) is 0 Å². The van der Waals surface area contributed by atoms with E-state index in [4.69, 9.17) is 9.84 Å². The summed E-state index contributed by atoms with van der Waals surface area (Å²) in [6, 6.07) is 11.4. The molecule has 0 spiro atoms. The van der Waals surface area contributed by atoms with Gasteiger partial charge >= 0.3 is 0 Å². The number of nitrogens with zero attached hydrogens (tertiary/aromatic N) is 2. The van der Waals surface area contributed by atoms with Crippen molar-refractivity contribution in [2.24, 2.45) is 5.92 Å². The van der Waals surface area contributed by atoms with Crippen LogP contribution in [0.15, 0.2) is 30.3 Å². The van der Waals surface area contributed by atoms with Crippen LogP contribution in [-0.4, -0.2) is 41.6 Å². The van der Waals surface area contributed by atoms with Gasteiger partial charge < -0.3 is 15.4 Å². The van der Waals surface area contributed by atoms with Gasteiger partial charge in [0.15, 0.2) is 0 Å². The van der Waals surface area contributed by atoms with Crippen molar-refractivity contribution < 1.29 is 4.74 Å². The van der Waals surface area contributed by atoms with Crippen molar-refractivity contribution in [2.75, 3.05) is 19.8 Å². The van der Waals surface area contributed by atoms with Crippen molar-refractivity contribution in [1.29, 1.82) is 0 Å². The molecule has 4 rings (SSSR count). The Kier molecular flexibility index (Phi) is 5.38. The zero-order valence-electron chi connectivity index (χ0n) is 15.9. The second kappa shape index (κ2) is 7.91. The highest BCUT2D eigenvalue weighted by molar-refractivity contribution is 5.36. The van der Waals surface area contributed by atoms with Crippen LogP contribution in [0.3, 0.4) is 0 Å². The highest BCUT2D eigenvalue weighted by atomic mass is 16.5. The summed E-state index contributed by atoms with van der Waals surface area (Å²) in [5.74, 6) is 0.667. The monoisotopic (exact) mass is 354 g/mol. The molecule has 2 aromatic rings. The number of aryl methyl sites for hydroxylation is 1. The molecule has 0 bridgehead atoms. The summed E-state index contributed by atoms with van der Waals surface area (Å²) in [6.45, 7) is 7.86. The molecule has 2 aliphatic rings. The fraction of sp³-hybridized carbons (Fsp3) is 0.571. The molecule has 0 amide bonds. The Labute approximate surface area is 156 Å². The lowest BCUT2D eigenvalue weighted by atomic mass is 9.94. The normalized spacial score (nSPS) is 26.3. The van der Waals surface area contributed by atoms with Crippen LogP contribution in [-0.2, 0) is 11.3 Å². The molecule has 1 saturated heterocycles. The maximum Gasteiger partial charge on any atom is 0.0648 e. The van der Waals surface area contributed by atoms with Crippen LogP contribution in [0.1, 0.15) is 36.2 Å². The molecule has 0 radical (unpaired) electrons.